The molecule has 2 aromatic rings. The van der Waals surface area contributed by atoms with E-state index in [9.17, 15) is 9.59 Å². The third-order valence-electron chi connectivity index (χ3n) is 4.84. The molecule has 5 nitrogen and oxygen atoms in total. The first kappa shape index (κ1) is 19.0. The standard InChI is InChI=1S/C22H26N2O3/c1-22(2,3)16-10-8-15(9-11-16)21(26)23-17-12-20(25)24(14-17)18-6-5-7-19(13-18)27-4/h5-11,13,17H,12,14H2,1-4H3,(H,23,26). The Morgan fingerprint density at radius 1 is 1.15 bits per heavy atom. The van der Waals surface area contributed by atoms with Crippen molar-refractivity contribution in [2.75, 3.05) is 18.6 Å². The van der Waals surface area contributed by atoms with Crippen LogP contribution in [-0.2, 0) is 10.2 Å². The van der Waals surface area contributed by atoms with E-state index in [1.54, 1.807) is 12.0 Å². The van der Waals surface area contributed by atoms with Crippen molar-refractivity contribution < 1.29 is 14.3 Å². The fraction of sp³-hybridized carbons (Fsp3) is 0.364. The van der Waals surface area contributed by atoms with Gasteiger partial charge in [-0.3, -0.25) is 9.59 Å². The highest BCUT2D eigenvalue weighted by molar-refractivity contribution is 5.99. The second-order valence-corrected chi connectivity index (χ2v) is 7.91. The van der Waals surface area contributed by atoms with E-state index < -0.39 is 0 Å². The predicted molar refractivity (Wildman–Crippen MR) is 106 cm³/mol. The molecule has 0 radical (unpaired) electrons. The summed E-state index contributed by atoms with van der Waals surface area (Å²) in [4.78, 5) is 26.6. The summed E-state index contributed by atoms with van der Waals surface area (Å²) in [5.74, 6) is 0.545. The van der Waals surface area contributed by atoms with Gasteiger partial charge in [-0.2, -0.15) is 0 Å². The lowest BCUT2D eigenvalue weighted by atomic mass is 9.86. The van der Waals surface area contributed by atoms with E-state index in [1.807, 2.05) is 48.5 Å². The van der Waals surface area contributed by atoms with Crippen molar-refractivity contribution >= 4 is 17.5 Å². The molecule has 1 heterocycles. The average molecular weight is 366 g/mol. The first-order valence-corrected chi connectivity index (χ1v) is 9.14. The summed E-state index contributed by atoms with van der Waals surface area (Å²) in [6, 6.07) is 14.8. The van der Waals surface area contributed by atoms with E-state index in [4.69, 9.17) is 4.74 Å². The summed E-state index contributed by atoms with van der Waals surface area (Å²) < 4.78 is 5.22. The Hall–Kier alpha value is -2.82. The Labute approximate surface area is 160 Å². The molecule has 1 fully saturated rings. The van der Waals surface area contributed by atoms with E-state index in [2.05, 4.69) is 26.1 Å². The largest absolute Gasteiger partial charge is 0.497 e. The number of hydrogen-bond donors (Lipinski definition) is 1. The number of amides is 2. The molecular formula is C22H26N2O3. The molecule has 27 heavy (non-hydrogen) atoms. The molecule has 1 unspecified atom stereocenters. The van der Waals surface area contributed by atoms with Crippen LogP contribution in [0.5, 0.6) is 5.75 Å². The Morgan fingerprint density at radius 3 is 2.48 bits per heavy atom. The van der Waals surface area contributed by atoms with Gasteiger partial charge in [0.1, 0.15) is 5.75 Å². The summed E-state index contributed by atoms with van der Waals surface area (Å²) in [7, 11) is 1.60. The quantitative estimate of drug-likeness (QED) is 0.901. The molecule has 1 aliphatic rings. The number of nitrogens with one attached hydrogen (secondary N) is 1. The van der Waals surface area contributed by atoms with Gasteiger partial charge in [-0.25, -0.2) is 0 Å². The van der Waals surface area contributed by atoms with Crippen LogP contribution >= 0.6 is 0 Å². The second kappa shape index (κ2) is 7.43. The molecule has 0 saturated carbocycles. The van der Waals surface area contributed by atoms with Crippen LogP contribution < -0.4 is 15.0 Å². The topological polar surface area (TPSA) is 58.6 Å². The first-order valence-electron chi connectivity index (χ1n) is 9.14. The maximum atomic E-state index is 12.6. The number of methoxy groups -OCH3 is 1. The summed E-state index contributed by atoms with van der Waals surface area (Å²) in [5.41, 5.74) is 2.62. The van der Waals surface area contributed by atoms with Crippen LogP contribution in [-0.4, -0.2) is 31.5 Å². The van der Waals surface area contributed by atoms with Crippen LogP contribution in [0.1, 0.15) is 43.1 Å². The van der Waals surface area contributed by atoms with Crippen LogP contribution in [0.15, 0.2) is 48.5 Å². The molecule has 0 spiro atoms. The third-order valence-corrected chi connectivity index (χ3v) is 4.84. The van der Waals surface area contributed by atoms with E-state index in [-0.39, 0.29) is 23.3 Å². The van der Waals surface area contributed by atoms with Gasteiger partial charge in [-0.1, -0.05) is 39.0 Å². The highest BCUT2D eigenvalue weighted by Gasteiger charge is 2.32. The van der Waals surface area contributed by atoms with Crippen molar-refractivity contribution in [3.8, 4) is 5.75 Å². The lowest BCUT2D eigenvalue weighted by molar-refractivity contribution is -0.117. The summed E-state index contributed by atoms with van der Waals surface area (Å²) in [6.45, 7) is 6.87. The van der Waals surface area contributed by atoms with E-state index in [0.717, 1.165) is 5.69 Å². The maximum absolute atomic E-state index is 12.6. The minimum atomic E-state index is -0.210. The van der Waals surface area contributed by atoms with Gasteiger partial charge in [-0.05, 0) is 35.2 Å². The third kappa shape index (κ3) is 4.30. The summed E-state index contributed by atoms with van der Waals surface area (Å²) in [5, 5.41) is 2.98. The van der Waals surface area contributed by atoms with Crippen LogP contribution in [0.4, 0.5) is 5.69 Å². The first-order chi connectivity index (χ1) is 12.8. The molecule has 1 atom stereocenters. The number of carbonyl (C=O) groups excluding carboxylic acids is 2. The lowest BCUT2D eigenvalue weighted by Gasteiger charge is -2.19. The fourth-order valence-electron chi connectivity index (χ4n) is 3.22. The fourth-order valence-corrected chi connectivity index (χ4v) is 3.22. The van der Waals surface area contributed by atoms with Gasteiger partial charge in [0.2, 0.25) is 5.91 Å². The molecule has 0 bridgehead atoms. The van der Waals surface area contributed by atoms with Crippen LogP contribution in [0.25, 0.3) is 0 Å². The highest BCUT2D eigenvalue weighted by Crippen LogP contribution is 2.26. The van der Waals surface area contributed by atoms with Crippen molar-refractivity contribution in [1.29, 1.82) is 0 Å². The van der Waals surface area contributed by atoms with Crippen LogP contribution in [0.2, 0.25) is 0 Å². The molecule has 142 valence electrons. The molecule has 2 amide bonds. The van der Waals surface area contributed by atoms with Crippen molar-refractivity contribution in [3.05, 3.63) is 59.7 Å². The Bertz CT molecular complexity index is 837. The summed E-state index contributed by atoms with van der Waals surface area (Å²) >= 11 is 0. The summed E-state index contributed by atoms with van der Waals surface area (Å²) in [6.07, 6.45) is 0.295. The van der Waals surface area contributed by atoms with Gasteiger partial charge in [0.25, 0.3) is 5.91 Å². The van der Waals surface area contributed by atoms with Gasteiger partial charge in [0.05, 0.1) is 13.2 Å². The van der Waals surface area contributed by atoms with Crippen molar-refractivity contribution in [1.82, 2.24) is 5.32 Å². The minimum absolute atomic E-state index is 0.00312. The van der Waals surface area contributed by atoms with Crippen LogP contribution in [0, 0.1) is 0 Å². The normalized spacial score (nSPS) is 17.1. The van der Waals surface area contributed by atoms with Gasteiger partial charge in [0, 0.05) is 30.3 Å². The number of carbonyl (C=O) groups is 2. The average Bonchev–Trinajstić information content (AvgIpc) is 3.01. The Balaban J connectivity index is 1.66. The Kier molecular flexibility index (Phi) is 5.22. The van der Waals surface area contributed by atoms with E-state index in [1.165, 1.54) is 5.56 Å². The Morgan fingerprint density at radius 2 is 1.85 bits per heavy atom. The van der Waals surface area contributed by atoms with E-state index >= 15 is 0 Å². The smallest absolute Gasteiger partial charge is 0.251 e. The van der Waals surface area contributed by atoms with Gasteiger partial charge in [0.15, 0.2) is 0 Å². The SMILES string of the molecule is COc1cccc(N2CC(NC(=O)c3ccc(C(C)(C)C)cc3)CC2=O)c1. The van der Waals surface area contributed by atoms with Crippen LogP contribution in [0.3, 0.4) is 0 Å². The van der Waals surface area contributed by atoms with Gasteiger partial charge >= 0.3 is 0 Å². The zero-order chi connectivity index (χ0) is 19.6. The van der Waals surface area contributed by atoms with Crippen molar-refractivity contribution in [2.45, 2.75) is 38.6 Å². The number of rotatable bonds is 4. The molecule has 3 rings (SSSR count). The highest BCUT2D eigenvalue weighted by atomic mass is 16.5. The monoisotopic (exact) mass is 366 g/mol. The molecule has 5 heteroatoms. The minimum Gasteiger partial charge on any atom is -0.497 e. The predicted octanol–water partition coefficient (Wildman–Crippen LogP) is 3.53. The lowest BCUT2D eigenvalue weighted by Crippen LogP contribution is -2.37. The number of benzene rings is 2. The number of anilines is 1. The molecule has 2 aromatic carbocycles. The van der Waals surface area contributed by atoms with Crippen molar-refractivity contribution in [2.24, 2.45) is 0 Å². The number of hydrogen-bond acceptors (Lipinski definition) is 3. The molecule has 1 saturated heterocycles. The maximum Gasteiger partial charge on any atom is 0.251 e. The zero-order valence-corrected chi connectivity index (χ0v) is 16.3. The van der Waals surface area contributed by atoms with Gasteiger partial charge < -0.3 is 15.0 Å². The second-order valence-electron chi connectivity index (χ2n) is 7.91. The van der Waals surface area contributed by atoms with Gasteiger partial charge in [-0.15, -0.1) is 0 Å². The van der Waals surface area contributed by atoms with E-state index in [0.29, 0.717) is 24.3 Å². The molecule has 0 aliphatic carbocycles. The molecule has 0 aromatic heterocycles. The van der Waals surface area contributed by atoms with Crippen molar-refractivity contribution in [3.63, 3.8) is 0 Å². The molecule has 1 N–H and O–H groups in total. The zero-order valence-electron chi connectivity index (χ0n) is 16.3. The molecular weight excluding hydrogens is 340 g/mol. The number of nitrogens with zero attached hydrogens (tertiary/aromatic N) is 1. The number of ether oxygens (including phenoxy) is 1. The molecule has 1 aliphatic heterocycles.